The first-order valence-corrected chi connectivity index (χ1v) is 9.78. The number of carbonyl (C=O) groups excluding carboxylic acids is 1. The van der Waals surface area contributed by atoms with Gasteiger partial charge in [0.05, 0.1) is 10.8 Å². The normalized spacial score (nSPS) is 21.4. The molecule has 2 N–H and O–H groups in total. The Morgan fingerprint density at radius 2 is 2.04 bits per heavy atom. The first-order valence-electron chi connectivity index (χ1n) is 8.46. The van der Waals surface area contributed by atoms with Crippen LogP contribution in [-0.2, 0) is 15.6 Å². The number of nitrogens with two attached hydrogens (primary N) is 1. The first kappa shape index (κ1) is 17.2. The van der Waals surface area contributed by atoms with Crippen LogP contribution in [0, 0.1) is 0 Å². The molecule has 2 aliphatic rings. The van der Waals surface area contributed by atoms with Gasteiger partial charge in [0.15, 0.2) is 11.5 Å². The highest BCUT2D eigenvalue weighted by molar-refractivity contribution is 7.85. The average Bonchev–Trinajstić information content (AvgIpc) is 2.65. The molecule has 3 rings (SSSR count). The summed E-state index contributed by atoms with van der Waals surface area (Å²) in [6, 6.07) is 5.43. The average molecular weight is 352 g/mol. The van der Waals surface area contributed by atoms with E-state index in [1.54, 1.807) is 18.2 Å². The smallest absolute Gasteiger partial charge is 0.223 e. The Morgan fingerprint density at radius 1 is 1.25 bits per heavy atom. The third-order valence-electron chi connectivity index (χ3n) is 4.50. The Hall–Kier alpha value is -1.60. The molecular formula is C17H24N2O4S. The zero-order valence-electron chi connectivity index (χ0n) is 13.7. The molecule has 132 valence electrons. The molecule has 0 aromatic heterocycles. The molecule has 0 bridgehead atoms. The summed E-state index contributed by atoms with van der Waals surface area (Å²) in [5, 5.41) is 0. The Bertz CT molecular complexity index is 623. The van der Waals surface area contributed by atoms with Crippen LogP contribution in [0.3, 0.4) is 0 Å². The minimum atomic E-state index is -1.23. The molecule has 0 spiro atoms. The van der Waals surface area contributed by atoms with E-state index in [0.29, 0.717) is 41.9 Å². The summed E-state index contributed by atoms with van der Waals surface area (Å²) in [5.74, 6) is 1.66. The number of hydrogen-bond donors (Lipinski definition) is 1. The fourth-order valence-electron chi connectivity index (χ4n) is 3.18. The molecule has 6 nitrogen and oxygen atoms in total. The van der Waals surface area contributed by atoms with E-state index in [2.05, 4.69) is 0 Å². The van der Waals surface area contributed by atoms with Crippen LogP contribution in [0.5, 0.6) is 11.5 Å². The van der Waals surface area contributed by atoms with E-state index < -0.39 is 10.8 Å². The van der Waals surface area contributed by atoms with Gasteiger partial charge in [-0.25, -0.2) is 0 Å². The van der Waals surface area contributed by atoms with Crippen LogP contribution >= 0.6 is 0 Å². The van der Waals surface area contributed by atoms with E-state index in [-0.39, 0.29) is 18.4 Å². The zero-order valence-corrected chi connectivity index (χ0v) is 14.6. The molecule has 2 heterocycles. The predicted octanol–water partition coefficient (Wildman–Crippen LogP) is 1.30. The van der Waals surface area contributed by atoms with E-state index in [9.17, 15) is 9.00 Å². The van der Waals surface area contributed by atoms with Gasteiger partial charge in [-0.3, -0.25) is 9.00 Å². The lowest BCUT2D eigenvalue weighted by molar-refractivity contribution is -0.134. The maximum absolute atomic E-state index is 12.5. The van der Waals surface area contributed by atoms with Crippen LogP contribution in [0.4, 0.5) is 0 Å². The second-order valence-corrected chi connectivity index (χ2v) is 7.65. The summed E-state index contributed by atoms with van der Waals surface area (Å²) in [6.45, 7) is 2.29. The van der Waals surface area contributed by atoms with E-state index in [1.807, 2.05) is 4.90 Å². The lowest BCUT2D eigenvalue weighted by Gasteiger charge is -2.35. The van der Waals surface area contributed by atoms with Crippen LogP contribution in [0.1, 0.15) is 25.7 Å². The highest BCUT2D eigenvalue weighted by atomic mass is 32.2. The van der Waals surface area contributed by atoms with Gasteiger partial charge in [-0.1, -0.05) is 0 Å². The Morgan fingerprint density at radius 3 is 2.83 bits per heavy atom. The standard InChI is InChI=1S/C17H24N2O4S/c18-12-13-3-1-2-7-19(13)17(20)6-10-24(21)14-4-5-15-16(11-14)23-9-8-22-15/h4-5,11,13H,1-3,6-10,12,18H2. The minimum absolute atomic E-state index is 0.0519. The van der Waals surface area contributed by atoms with Gasteiger partial charge >= 0.3 is 0 Å². The van der Waals surface area contributed by atoms with Crippen molar-refractivity contribution in [3.8, 4) is 11.5 Å². The molecule has 0 saturated carbocycles. The van der Waals surface area contributed by atoms with Crippen LogP contribution in [0.2, 0.25) is 0 Å². The van der Waals surface area contributed by atoms with Gasteiger partial charge in [-0.15, -0.1) is 0 Å². The Labute approximate surface area is 144 Å². The summed E-state index contributed by atoms with van der Waals surface area (Å²) in [4.78, 5) is 15.0. The fraction of sp³-hybridized carbons (Fsp3) is 0.588. The molecule has 7 heteroatoms. The molecule has 24 heavy (non-hydrogen) atoms. The summed E-state index contributed by atoms with van der Waals surface area (Å²) >= 11 is 0. The Balaban J connectivity index is 1.58. The van der Waals surface area contributed by atoms with Crippen LogP contribution < -0.4 is 15.2 Å². The second kappa shape index (κ2) is 7.98. The number of amides is 1. The van der Waals surface area contributed by atoms with Crippen molar-refractivity contribution in [2.45, 2.75) is 36.6 Å². The van der Waals surface area contributed by atoms with Crippen molar-refractivity contribution >= 4 is 16.7 Å². The molecule has 1 fully saturated rings. The highest BCUT2D eigenvalue weighted by Gasteiger charge is 2.25. The predicted molar refractivity (Wildman–Crippen MR) is 91.7 cm³/mol. The van der Waals surface area contributed by atoms with Crippen molar-refractivity contribution < 1.29 is 18.5 Å². The number of carbonyl (C=O) groups is 1. The van der Waals surface area contributed by atoms with Gasteiger partial charge < -0.3 is 20.1 Å². The molecule has 2 aliphatic heterocycles. The number of fused-ring (bicyclic) bond motifs is 1. The number of hydrogen-bond acceptors (Lipinski definition) is 5. The van der Waals surface area contributed by atoms with Crippen LogP contribution in [0.25, 0.3) is 0 Å². The fourth-order valence-corrected chi connectivity index (χ4v) is 4.23. The number of ether oxygens (including phenoxy) is 2. The lowest BCUT2D eigenvalue weighted by Crippen LogP contribution is -2.47. The first-order chi connectivity index (χ1) is 11.7. The van der Waals surface area contributed by atoms with Gasteiger partial charge in [0.2, 0.25) is 5.91 Å². The number of piperidine rings is 1. The van der Waals surface area contributed by atoms with Gasteiger partial charge in [-0.2, -0.15) is 0 Å². The van der Waals surface area contributed by atoms with Crippen molar-refractivity contribution in [1.82, 2.24) is 4.90 Å². The molecule has 0 aliphatic carbocycles. The second-order valence-electron chi connectivity index (χ2n) is 6.08. The molecule has 1 aromatic carbocycles. The summed E-state index contributed by atoms with van der Waals surface area (Å²) in [7, 11) is -1.23. The van der Waals surface area contributed by atoms with Crippen molar-refractivity contribution in [3.63, 3.8) is 0 Å². The number of nitrogens with zero attached hydrogens (tertiary/aromatic N) is 1. The van der Waals surface area contributed by atoms with Gasteiger partial charge in [0.1, 0.15) is 13.2 Å². The van der Waals surface area contributed by atoms with Crippen LogP contribution in [0.15, 0.2) is 23.1 Å². The van der Waals surface area contributed by atoms with Crippen molar-refractivity contribution in [3.05, 3.63) is 18.2 Å². The monoisotopic (exact) mass is 352 g/mol. The van der Waals surface area contributed by atoms with Crippen molar-refractivity contribution in [2.24, 2.45) is 5.73 Å². The van der Waals surface area contributed by atoms with E-state index in [0.717, 1.165) is 25.8 Å². The minimum Gasteiger partial charge on any atom is -0.486 e. The van der Waals surface area contributed by atoms with Crippen molar-refractivity contribution in [1.29, 1.82) is 0 Å². The summed E-state index contributed by atoms with van der Waals surface area (Å²) in [6.07, 6.45) is 3.38. The zero-order chi connectivity index (χ0) is 16.9. The maximum Gasteiger partial charge on any atom is 0.223 e. The SMILES string of the molecule is NCC1CCCCN1C(=O)CCS(=O)c1ccc2c(c1)OCCO2. The van der Waals surface area contributed by atoms with Gasteiger partial charge in [0, 0.05) is 42.3 Å². The van der Waals surface area contributed by atoms with Crippen molar-refractivity contribution in [2.75, 3.05) is 32.1 Å². The third kappa shape index (κ3) is 3.89. The maximum atomic E-state index is 12.5. The van der Waals surface area contributed by atoms with Gasteiger partial charge in [-0.05, 0) is 31.4 Å². The molecule has 1 saturated heterocycles. The molecule has 0 radical (unpaired) electrons. The third-order valence-corrected chi connectivity index (χ3v) is 5.85. The van der Waals surface area contributed by atoms with Gasteiger partial charge in [0.25, 0.3) is 0 Å². The molecular weight excluding hydrogens is 328 g/mol. The van der Waals surface area contributed by atoms with Crippen LogP contribution in [-0.4, -0.2) is 53.1 Å². The van der Waals surface area contributed by atoms with E-state index in [1.165, 1.54) is 0 Å². The Kier molecular flexibility index (Phi) is 5.73. The summed E-state index contributed by atoms with van der Waals surface area (Å²) < 4.78 is 23.5. The quantitative estimate of drug-likeness (QED) is 0.864. The molecule has 2 atom stereocenters. The highest BCUT2D eigenvalue weighted by Crippen LogP contribution is 2.31. The summed E-state index contributed by atoms with van der Waals surface area (Å²) in [5.41, 5.74) is 5.76. The number of rotatable bonds is 5. The molecule has 1 aromatic rings. The topological polar surface area (TPSA) is 81.9 Å². The van der Waals surface area contributed by atoms with E-state index >= 15 is 0 Å². The number of benzene rings is 1. The lowest BCUT2D eigenvalue weighted by atomic mass is 10.0. The number of likely N-dealkylation sites (tertiary alicyclic amines) is 1. The molecule has 2 unspecified atom stereocenters. The molecule has 1 amide bonds. The largest absolute Gasteiger partial charge is 0.486 e. The van der Waals surface area contributed by atoms with E-state index in [4.69, 9.17) is 15.2 Å².